The molecular weight excluding hydrogens is 334 g/mol. The first-order valence-electron chi connectivity index (χ1n) is 6.69. The Morgan fingerprint density at radius 3 is 2.83 bits per heavy atom. The molecule has 0 aliphatic heterocycles. The van der Waals surface area contributed by atoms with Gasteiger partial charge in [0.1, 0.15) is 5.69 Å². The Labute approximate surface area is 141 Å². The van der Waals surface area contributed by atoms with Crippen LogP contribution >= 0.6 is 11.6 Å². The van der Waals surface area contributed by atoms with E-state index in [1.165, 1.54) is 0 Å². The number of amides is 1. The van der Waals surface area contributed by atoms with Crippen molar-refractivity contribution in [1.82, 2.24) is 9.71 Å². The van der Waals surface area contributed by atoms with Crippen LogP contribution in [0.25, 0.3) is 10.9 Å². The molecule has 23 heavy (non-hydrogen) atoms. The lowest BCUT2D eigenvalue weighted by atomic mass is 10.2. The largest absolute Gasteiger partial charge is 0.364 e. The van der Waals surface area contributed by atoms with Gasteiger partial charge in [-0.25, -0.2) is 4.21 Å². The van der Waals surface area contributed by atoms with E-state index in [2.05, 4.69) is 16.3 Å². The average molecular weight is 350 g/mol. The standard InChI is InChI=1S/C16H16ClN3O2S/c1-3-4-5-6-10(2)20-23(22)15-12-9-11(17)7-8-13(12)19-14(15)16(18)21/h3-9,19-20H,1H2,2H3,(H2,18,21)/b5-4-,10-6+. The molecule has 2 aromatic rings. The lowest BCUT2D eigenvalue weighted by molar-refractivity contribution is 0.0993. The number of halogens is 1. The predicted molar refractivity (Wildman–Crippen MR) is 94.5 cm³/mol. The lowest BCUT2D eigenvalue weighted by Gasteiger charge is -2.06. The number of H-pyrrole nitrogens is 1. The third-order valence-corrected chi connectivity index (χ3v) is 4.53. The highest BCUT2D eigenvalue weighted by Gasteiger charge is 2.21. The Morgan fingerprint density at radius 1 is 1.43 bits per heavy atom. The Balaban J connectivity index is 2.46. The van der Waals surface area contributed by atoms with Crippen molar-refractivity contribution in [2.75, 3.05) is 0 Å². The maximum Gasteiger partial charge on any atom is 0.266 e. The molecule has 2 rings (SSSR count). The highest BCUT2D eigenvalue weighted by atomic mass is 35.5. The van der Waals surface area contributed by atoms with Gasteiger partial charge in [-0.15, -0.1) is 0 Å². The normalized spacial score (nSPS) is 13.4. The molecule has 1 amide bonds. The van der Waals surface area contributed by atoms with E-state index in [9.17, 15) is 9.00 Å². The number of fused-ring (bicyclic) bond motifs is 1. The van der Waals surface area contributed by atoms with Gasteiger partial charge in [-0.2, -0.15) is 0 Å². The fourth-order valence-corrected chi connectivity index (χ4v) is 3.36. The smallest absolute Gasteiger partial charge is 0.266 e. The zero-order valence-electron chi connectivity index (χ0n) is 12.4. The van der Waals surface area contributed by atoms with Gasteiger partial charge in [-0.05, 0) is 31.2 Å². The molecule has 5 nitrogen and oxygen atoms in total. The molecule has 4 N–H and O–H groups in total. The predicted octanol–water partition coefficient (Wildman–Crippen LogP) is 3.18. The van der Waals surface area contributed by atoms with Crippen LogP contribution in [0, 0.1) is 0 Å². The molecule has 0 saturated carbocycles. The molecule has 7 heteroatoms. The second-order valence-electron chi connectivity index (χ2n) is 4.72. The molecule has 0 aliphatic rings. The molecule has 1 aromatic carbocycles. The van der Waals surface area contributed by atoms with E-state index < -0.39 is 16.9 Å². The van der Waals surface area contributed by atoms with Crippen molar-refractivity contribution in [2.24, 2.45) is 5.73 Å². The minimum atomic E-state index is -1.67. The number of hydrogen-bond acceptors (Lipinski definition) is 2. The topological polar surface area (TPSA) is 88.0 Å². The highest BCUT2D eigenvalue weighted by Crippen LogP contribution is 2.28. The molecule has 1 aromatic heterocycles. The molecule has 1 heterocycles. The Bertz CT molecular complexity index is 852. The molecular formula is C16H16ClN3O2S. The number of benzene rings is 1. The molecule has 0 aliphatic carbocycles. The number of carbonyl (C=O) groups excluding carboxylic acids is 1. The number of nitrogens with two attached hydrogens (primary N) is 1. The van der Waals surface area contributed by atoms with Crippen molar-refractivity contribution in [3.8, 4) is 0 Å². The van der Waals surface area contributed by atoms with E-state index in [-0.39, 0.29) is 10.6 Å². The van der Waals surface area contributed by atoms with Crippen LogP contribution in [0.15, 0.2) is 59.7 Å². The van der Waals surface area contributed by atoms with Crippen LogP contribution in [0.4, 0.5) is 0 Å². The molecule has 0 bridgehead atoms. The SMILES string of the molecule is C=C/C=C\C=C(/C)NS(=O)c1c(C(N)=O)[nH]c2ccc(Cl)cc12. The number of primary amides is 1. The zero-order valence-corrected chi connectivity index (χ0v) is 14.0. The van der Waals surface area contributed by atoms with Crippen molar-refractivity contribution in [2.45, 2.75) is 11.8 Å². The number of carbonyl (C=O) groups is 1. The number of aromatic nitrogens is 1. The Hall–Kier alpha value is -2.31. The minimum absolute atomic E-state index is 0.0996. The number of hydrogen-bond donors (Lipinski definition) is 3. The first kappa shape index (κ1) is 17.1. The molecule has 0 saturated heterocycles. The van der Waals surface area contributed by atoms with Gasteiger partial charge in [0.2, 0.25) is 0 Å². The van der Waals surface area contributed by atoms with E-state index in [0.29, 0.717) is 21.6 Å². The quantitative estimate of drug-likeness (QED) is 0.699. The summed E-state index contributed by atoms with van der Waals surface area (Å²) in [5, 5.41) is 1.07. The van der Waals surface area contributed by atoms with Gasteiger partial charge in [-0.3, -0.25) is 4.79 Å². The Morgan fingerprint density at radius 2 is 2.17 bits per heavy atom. The van der Waals surface area contributed by atoms with Gasteiger partial charge in [0.05, 0.1) is 4.90 Å². The van der Waals surface area contributed by atoms with Crippen LogP contribution in [0.5, 0.6) is 0 Å². The van der Waals surface area contributed by atoms with Crippen LogP contribution in [0.2, 0.25) is 5.02 Å². The second kappa shape index (κ2) is 7.30. The molecule has 0 spiro atoms. The van der Waals surface area contributed by atoms with Gasteiger partial charge in [0, 0.05) is 21.6 Å². The maximum absolute atomic E-state index is 12.6. The summed E-state index contributed by atoms with van der Waals surface area (Å²) in [6.45, 7) is 5.33. The number of allylic oxidation sites excluding steroid dienone is 5. The van der Waals surface area contributed by atoms with Gasteiger partial charge >= 0.3 is 0 Å². The maximum atomic E-state index is 12.6. The molecule has 0 fully saturated rings. The van der Waals surface area contributed by atoms with E-state index in [1.807, 2.05) is 0 Å². The van der Waals surface area contributed by atoms with Gasteiger partial charge in [0.15, 0.2) is 11.0 Å². The monoisotopic (exact) mass is 349 g/mol. The summed E-state index contributed by atoms with van der Waals surface area (Å²) in [5.41, 5.74) is 6.78. The number of aromatic amines is 1. The van der Waals surface area contributed by atoms with Gasteiger partial charge < -0.3 is 15.4 Å². The van der Waals surface area contributed by atoms with Crippen LogP contribution in [-0.2, 0) is 11.0 Å². The first-order chi connectivity index (χ1) is 10.9. The summed E-state index contributed by atoms with van der Waals surface area (Å²) < 4.78 is 15.5. The third kappa shape index (κ3) is 3.91. The van der Waals surface area contributed by atoms with Gasteiger partial charge in [0.25, 0.3) is 5.91 Å². The number of nitrogens with one attached hydrogen (secondary N) is 2. The van der Waals surface area contributed by atoms with Crippen molar-refractivity contribution in [3.05, 3.63) is 65.5 Å². The summed E-state index contributed by atoms with van der Waals surface area (Å²) in [6, 6.07) is 5.03. The average Bonchev–Trinajstić information content (AvgIpc) is 2.86. The van der Waals surface area contributed by atoms with E-state index in [4.69, 9.17) is 17.3 Å². The molecule has 1 atom stereocenters. The molecule has 120 valence electrons. The molecule has 1 unspecified atom stereocenters. The van der Waals surface area contributed by atoms with Crippen LogP contribution in [0.3, 0.4) is 0 Å². The van der Waals surface area contributed by atoms with Crippen LogP contribution < -0.4 is 10.5 Å². The first-order valence-corrected chi connectivity index (χ1v) is 8.22. The Kier molecular flexibility index (Phi) is 5.41. The zero-order chi connectivity index (χ0) is 17.0. The van der Waals surface area contributed by atoms with Crippen LogP contribution in [-0.4, -0.2) is 15.1 Å². The summed E-state index contributed by atoms with van der Waals surface area (Å²) in [5.74, 6) is -0.685. The van der Waals surface area contributed by atoms with E-state index >= 15 is 0 Å². The van der Waals surface area contributed by atoms with Crippen LogP contribution in [0.1, 0.15) is 17.4 Å². The van der Waals surface area contributed by atoms with Gasteiger partial charge in [-0.1, -0.05) is 36.4 Å². The highest BCUT2D eigenvalue weighted by molar-refractivity contribution is 7.83. The van der Waals surface area contributed by atoms with Crippen molar-refractivity contribution in [1.29, 1.82) is 0 Å². The summed E-state index contributed by atoms with van der Waals surface area (Å²) in [4.78, 5) is 14.8. The van der Waals surface area contributed by atoms with Crippen molar-refractivity contribution < 1.29 is 9.00 Å². The fourth-order valence-electron chi connectivity index (χ4n) is 2.02. The fraction of sp³-hybridized carbons (Fsp3) is 0.0625. The summed E-state index contributed by atoms with van der Waals surface area (Å²) >= 11 is 6.00. The second-order valence-corrected chi connectivity index (χ2v) is 6.31. The lowest BCUT2D eigenvalue weighted by Crippen LogP contribution is -2.20. The third-order valence-electron chi connectivity index (χ3n) is 2.99. The summed E-state index contributed by atoms with van der Waals surface area (Å²) in [6.07, 6.45) is 6.88. The summed E-state index contributed by atoms with van der Waals surface area (Å²) in [7, 11) is -1.67. The van der Waals surface area contributed by atoms with E-state index in [1.54, 1.807) is 49.4 Å². The van der Waals surface area contributed by atoms with Crippen molar-refractivity contribution >= 4 is 39.4 Å². The van der Waals surface area contributed by atoms with Crippen molar-refractivity contribution in [3.63, 3.8) is 0 Å². The number of rotatable bonds is 6. The van der Waals surface area contributed by atoms with E-state index in [0.717, 1.165) is 0 Å². The minimum Gasteiger partial charge on any atom is -0.364 e. The molecule has 0 radical (unpaired) electrons.